The van der Waals surface area contributed by atoms with E-state index in [2.05, 4.69) is 10.00 Å². The summed E-state index contributed by atoms with van der Waals surface area (Å²) in [6.45, 7) is 1.95. The minimum absolute atomic E-state index is 0.122. The molecular weight excluding hydrogens is 340 g/mol. The van der Waals surface area contributed by atoms with Crippen molar-refractivity contribution in [2.24, 2.45) is 7.05 Å². The molecular formula is C18H23ClN4O2. The topological polar surface area (TPSA) is 50.6 Å². The van der Waals surface area contributed by atoms with Crippen molar-refractivity contribution in [1.29, 1.82) is 0 Å². The quantitative estimate of drug-likeness (QED) is 0.792. The molecule has 1 aromatic heterocycles. The molecule has 0 saturated carbocycles. The van der Waals surface area contributed by atoms with Gasteiger partial charge >= 0.3 is 0 Å². The molecule has 134 valence electrons. The van der Waals surface area contributed by atoms with E-state index in [1.807, 2.05) is 37.3 Å². The molecule has 0 spiro atoms. The van der Waals surface area contributed by atoms with Gasteiger partial charge in [-0.1, -0.05) is 11.6 Å². The van der Waals surface area contributed by atoms with Gasteiger partial charge in [-0.25, -0.2) is 0 Å². The monoisotopic (exact) mass is 362 g/mol. The Balaban J connectivity index is 1.54. The van der Waals surface area contributed by atoms with Gasteiger partial charge in [-0.05, 0) is 44.2 Å². The van der Waals surface area contributed by atoms with E-state index in [-0.39, 0.29) is 11.9 Å². The van der Waals surface area contributed by atoms with Crippen molar-refractivity contribution >= 4 is 23.2 Å². The highest BCUT2D eigenvalue weighted by Gasteiger charge is 2.32. The smallest absolute Gasteiger partial charge is 0.244 e. The van der Waals surface area contributed by atoms with E-state index in [1.54, 1.807) is 23.0 Å². The Kier molecular flexibility index (Phi) is 5.60. The lowest BCUT2D eigenvalue weighted by molar-refractivity contribution is -0.124. The van der Waals surface area contributed by atoms with E-state index in [1.165, 1.54) is 0 Å². The third-order valence-corrected chi connectivity index (χ3v) is 4.72. The summed E-state index contributed by atoms with van der Waals surface area (Å²) in [5, 5.41) is 4.85. The molecule has 0 radical (unpaired) electrons. The third kappa shape index (κ3) is 4.32. The molecule has 1 atom stereocenters. The van der Waals surface area contributed by atoms with Crippen LogP contribution in [0.15, 0.2) is 36.7 Å². The molecule has 1 aliphatic rings. The Hall–Kier alpha value is -2.05. The van der Waals surface area contributed by atoms with Gasteiger partial charge in [-0.15, -0.1) is 0 Å². The summed E-state index contributed by atoms with van der Waals surface area (Å²) in [7, 11) is 3.83. The SMILES string of the molecule is CN(CCOc1ccc(Cl)cc1)C1CCCN(c2cnn(C)c2)C1=O. The van der Waals surface area contributed by atoms with Crippen LogP contribution in [0.4, 0.5) is 5.69 Å². The predicted molar refractivity (Wildman–Crippen MR) is 98.2 cm³/mol. The molecule has 0 bridgehead atoms. The summed E-state index contributed by atoms with van der Waals surface area (Å²) >= 11 is 5.87. The van der Waals surface area contributed by atoms with Gasteiger partial charge in [0.1, 0.15) is 12.4 Å². The highest BCUT2D eigenvalue weighted by molar-refractivity contribution is 6.30. The number of hydrogen-bond donors (Lipinski definition) is 0. The second kappa shape index (κ2) is 7.89. The van der Waals surface area contributed by atoms with Crippen molar-refractivity contribution in [3.63, 3.8) is 0 Å². The number of rotatable bonds is 6. The van der Waals surface area contributed by atoms with Gasteiger partial charge in [-0.3, -0.25) is 14.4 Å². The molecule has 2 heterocycles. The number of aromatic nitrogens is 2. The molecule has 1 saturated heterocycles. The third-order valence-electron chi connectivity index (χ3n) is 4.47. The van der Waals surface area contributed by atoms with Gasteiger partial charge in [0.25, 0.3) is 0 Å². The van der Waals surface area contributed by atoms with E-state index in [4.69, 9.17) is 16.3 Å². The van der Waals surface area contributed by atoms with Crippen molar-refractivity contribution in [2.45, 2.75) is 18.9 Å². The first-order valence-corrected chi connectivity index (χ1v) is 8.81. The number of carbonyl (C=O) groups is 1. The van der Waals surface area contributed by atoms with Crippen LogP contribution in [-0.2, 0) is 11.8 Å². The standard InChI is InChI=1S/C18H23ClN4O2/c1-21(10-11-25-16-7-5-14(19)6-8-16)17-4-3-9-23(18(17)24)15-12-20-22(2)13-15/h5-8,12-13,17H,3-4,9-11H2,1-2H3. The van der Waals surface area contributed by atoms with Crippen LogP contribution in [0.2, 0.25) is 5.02 Å². The van der Waals surface area contributed by atoms with E-state index in [0.717, 1.165) is 30.8 Å². The number of halogens is 1. The van der Waals surface area contributed by atoms with Crippen LogP contribution in [0.3, 0.4) is 0 Å². The Morgan fingerprint density at radius 2 is 2.12 bits per heavy atom. The lowest BCUT2D eigenvalue weighted by Crippen LogP contribution is -2.52. The maximum Gasteiger partial charge on any atom is 0.244 e. The molecule has 1 amide bonds. The number of aryl methyl sites for hydroxylation is 1. The Bertz CT molecular complexity index is 716. The minimum atomic E-state index is -0.122. The average molecular weight is 363 g/mol. The fraction of sp³-hybridized carbons (Fsp3) is 0.444. The first-order chi connectivity index (χ1) is 12.0. The van der Waals surface area contributed by atoms with E-state index < -0.39 is 0 Å². The summed E-state index contributed by atoms with van der Waals surface area (Å²) < 4.78 is 7.45. The minimum Gasteiger partial charge on any atom is -0.492 e. The maximum atomic E-state index is 12.8. The summed E-state index contributed by atoms with van der Waals surface area (Å²) in [5.41, 5.74) is 0.864. The zero-order valence-corrected chi connectivity index (χ0v) is 15.3. The maximum absolute atomic E-state index is 12.8. The lowest BCUT2D eigenvalue weighted by atomic mass is 10.0. The Morgan fingerprint density at radius 1 is 1.36 bits per heavy atom. The Morgan fingerprint density at radius 3 is 2.80 bits per heavy atom. The molecule has 1 aromatic carbocycles. The normalized spacial score (nSPS) is 18.0. The molecule has 1 unspecified atom stereocenters. The van der Waals surface area contributed by atoms with Crippen molar-refractivity contribution in [1.82, 2.24) is 14.7 Å². The van der Waals surface area contributed by atoms with Crippen molar-refractivity contribution in [3.8, 4) is 5.75 Å². The van der Waals surface area contributed by atoms with Gasteiger partial charge in [0.15, 0.2) is 0 Å². The van der Waals surface area contributed by atoms with Crippen molar-refractivity contribution in [3.05, 3.63) is 41.7 Å². The molecule has 6 nitrogen and oxygen atoms in total. The molecule has 7 heteroatoms. The zero-order valence-electron chi connectivity index (χ0n) is 14.6. The second-order valence-electron chi connectivity index (χ2n) is 6.30. The molecule has 1 aliphatic heterocycles. The fourth-order valence-electron chi connectivity index (χ4n) is 3.06. The Labute approximate surface area is 152 Å². The summed E-state index contributed by atoms with van der Waals surface area (Å²) in [4.78, 5) is 16.7. The van der Waals surface area contributed by atoms with Crippen LogP contribution in [-0.4, -0.2) is 53.4 Å². The molecule has 25 heavy (non-hydrogen) atoms. The largest absolute Gasteiger partial charge is 0.492 e. The summed E-state index contributed by atoms with van der Waals surface area (Å²) in [6.07, 6.45) is 5.47. The average Bonchev–Trinajstić information content (AvgIpc) is 3.03. The number of amides is 1. The number of hydrogen-bond acceptors (Lipinski definition) is 4. The van der Waals surface area contributed by atoms with Crippen molar-refractivity contribution < 1.29 is 9.53 Å². The van der Waals surface area contributed by atoms with Gasteiger partial charge in [0.05, 0.1) is 17.9 Å². The molecule has 0 aliphatic carbocycles. The number of anilines is 1. The van der Waals surface area contributed by atoms with Crippen LogP contribution >= 0.6 is 11.6 Å². The second-order valence-corrected chi connectivity index (χ2v) is 6.74. The van der Waals surface area contributed by atoms with Crippen LogP contribution in [0.25, 0.3) is 0 Å². The van der Waals surface area contributed by atoms with E-state index >= 15 is 0 Å². The van der Waals surface area contributed by atoms with Crippen molar-refractivity contribution in [2.75, 3.05) is 31.6 Å². The molecule has 0 N–H and O–H groups in total. The highest BCUT2D eigenvalue weighted by Crippen LogP contribution is 2.23. The zero-order chi connectivity index (χ0) is 17.8. The van der Waals surface area contributed by atoms with Crippen LogP contribution in [0, 0.1) is 0 Å². The van der Waals surface area contributed by atoms with Gasteiger partial charge in [-0.2, -0.15) is 5.10 Å². The predicted octanol–water partition coefficient (Wildman–Crippen LogP) is 2.58. The molecule has 3 rings (SSSR count). The van der Waals surface area contributed by atoms with Gasteiger partial charge < -0.3 is 9.64 Å². The highest BCUT2D eigenvalue weighted by atomic mass is 35.5. The van der Waals surface area contributed by atoms with Crippen LogP contribution in [0.1, 0.15) is 12.8 Å². The van der Waals surface area contributed by atoms with Crippen LogP contribution in [0.5, 0.6) is 5.75 Å². The number of nitrogens with zero attached hydrogens (tertiary/aromatic N) is 4. The van der Waals surface area contributed by atoms with E-state index in [0.29, 0.717) is 18.2 Å². The van der Waals surface area contributed by atoms with Gasteiger partial charge in [0.2, 0.25) is 5.91 Å². The summed E-state index contributed by atoms with van der Waals surface area (Å²) in [6, 6.07) is 7.17. The number of carbonyl (C=O) groups excluding carboxylic acids is 1. The molecule has 2 aromatic rings. The lowest BCUT2D eigenvalue weighted by Gasteiger charge is -2.36. The number of benzene rings is 1. The number of likely N-dealkylation sites (N-methyl/N-ethyl adjacent to an activating group) is 1. The first kappa shape index (κ1) is 17.8. The fourth-order valence-corrected chi connectivity index (χ4v) is 3.19. The first-order valence-electron chi connectivity index (χ1n) is 8.43. The van der Waals surface area contributed by atoms with E-state index in [9.17, 15) is 4.79 Å². The van der Waals surface area contributed by atoms with Crippen LogP contribution < -0.4 is 9.64 Å². The summed E-state index contributed by atoms with van der Waals surface area (Å²) in [5.74, 6) is 0.915. The molecule has 1 fully saturated rings. The number of ether oxygens (including phenoxy) is 1. The van der Waals surface area contributed by atoms with Gasteiger partial charge in [0, 0.05) is 31.4 Å². The number of piperidine rings is 1.